The van der Waals surface area contributed by atoms with Gasteiger partial charge in [-0.05, 0) is 187 Å². The molecule has 0 N–H and O–H groups in total. The predicted octanol–water partition coefficient (Wildman–Crippen LogP) is 34.4. The normalized spacial score (nSPS) is 14.3. The van der Waals surface area contributed by atoms with Gasteiger partial charge in [-0.15, -0.1) is 11.3 Å². The second kappa shape index (κ2) is 28.4. The summed E-state index contributed by atoms with van der Waals surface area (Å²) in [6, 6.07) is 146. The van der Waals surface area contributed by atoms with Crippen LogP contribution in [0, 0.1) is 0 Å². The Labute approximate surface area is 774 Å². The Morgan fingerprint density at radius 1 is 0.211 bits per heavy atom. The van der Waals surface area contributed by atoms with Crippen LogP contribution in [0.1, 0.15) is 100 Å². The summed E-state index contributed by atoms with van der Waals surface area (Å²) in [5.41, 5.74) is 43.2. The van der Waals surface area contributed by atoms with Crippen molar-refractivity contribution in [2.24, 2.45) is 0 Å². The van der Waals surface area contributed by atoms with Crippen LogP contribution in [0.2, 0.25) is 0 Å². The van der Waals surface area contributed by atoms with E-state index in [1.807, 2.05) is 29.5 Å². The third-order valence-corrected chi connectivity index (χ3v) is 31.4. The number of nitrogens with zero attached hydrogens (tertiary/aromatic N) is 4. The largest absolute Gasteiger partial charge is 0.455 e. The predicted molar refractivity (Wildman–Crippen MR) is 558 cm³/mol. The van der Waals surface area contributed by atoms with Gasteiger partial charge >= 0.3 is 0 Å². The Morgan fingerprint density at radius 3 is 1.18 bits per heavy atom. The molecule has 0 unspecified atom stereocenters. The minimum absolute atomic E-state index is 0.0938. The van der Waals surface area contributed by atoms with Crippen LogP contribution in [0.15, 0.2) is 409 Å². The standard InChI is InChI=1S/C47H32N2S.C44H33NO.C35H25NO/c1-47(2)38-19-9-6-17-35(38)44-37-28-30(29-23-25-40-36(27-29)32-15-7-10-20-39(32)48(40)31-13-4-3-5-14-31)24-26-41(37)49(46(44)47)42-21-12-18-34-33-16-8-11-22-43(33)50-45(34)42;1-43(2)36-24-26(28-15-11-16-32-31-12-7-10-19-39(31)46-41(28)32)20-22-29(36)30-23-21-27(25-37(30)43)45-38-18-9-6-14-34(38)40-33-13-5-8-17-35(33)44(3,4)42(40)45;1-35(2)29-15-6-3-11-27(29)32-28-12-4-7-16-30(28)36(34(32)35)23-20-18-22(19-21-23)24-13-9-14-26-25-10-5-8-17-31(25)37-33(24)26/h3-28H,1-2H3;5-25H,1-4H3;3-21H,1-2H3. The number of thiophene rings is 1. The highest BCUT2D eigenvalue weighted by atomic mass is 32.1. The molecule has 25 aromatic rings. The molecule has 0 aliphatic heterocycles. The van der Waals surface area contributed by atoms with Crippen molar-refractivity contribution in [3.8, 4) is 101 Å². The van der Waals surface area contributed by atoms with Crippen LogP contribution >= 0.6 is 11.3 Å². The minimum Gasteiger partial charge on any atom is -0.455 e. The first-order chi connectivity index (χ1) is 65.0. The topological polar surface area (TPSA) is 46.0 Å². The van der Waals surface area contributed by atoms with E-state index in [1.54, 1.807) is 0 Å². The van der Waals surface area contributed by atoms with Crippen LogP contribution in [0.4, 0.5) is 0 Å². The third kappa shape index (κ3) is 11.0. The highest BCUT2D eigenvalue weighted by molar-refractivity contribution is 7.26. The second-order valence-electron chi connectivity index (χ2n) is 38.9. The molecule has 7 heterocycles. The van der Waals surface area contributed by atoms with Gasteiger partial charge in [0.15, 0.2) is 0 Å². The molecule has 0 amide bonds. The van der Waals surface area contributed by atoms with Gasteiger partial charge in [0.2, 0.25) is 0 Å². The van der Waals surface area contributed by atoms with Crippen LogP contribution < -0.4 is 0 Å². The summed E-state index contributed by atoms with van der Waals surface area (Å²) in [4.78, 5) is 0. The molecule has 4 aliphatic carbocycles. The average Bonchev–Trinajstić information content (AvgIpc) is 1.52. The molecule has 18 aromatic carbocycles. The molecule has 0 radical (unpaired) electrons. The van der Waals surface area contributed by atoms with Crippen molar-refractivity contribution < 1.29 is 8.83 Å². The second-order valence-corrected chi connectivity index (χ2v) is 39.9. The van der Waals surface area contributed by atoms with E-state index < -0.39 is 0 Å². The fraction of sp³-hybridized carbons (Fsp3) is 0.0952. The molecular weight excluding hydrogens is 1630 g/mol. The molecule has 632 valence electrons. The summed E-state index contributed by atoms with van der Waals surface area (Å²) in [5, 5.41) is 13.8. The third-order valence-electron chi connectivity index (χ3n) is 30.2. The SMILES string of the molecule is CC1(C)c2cc(-c3cccc4c3oc3ccccc34)ccc2-c2ccc(-n3c4c(c5ccccc53)-c3ccccc3C4(C)C)cc21.CC1(C)c2ccccc2-c2c1n(-c1ccc(-c3cccc4c3oc3ccccc34)cc1)c1ccccc21.CC1(C)c2ccccc2-c2c1n(-c1cccc3c1sc1ccccc13)c1ccc(-c3ccc4c(c3)c3ccccc3n4-c3ccccc3)cc21. The summed E-state index contributed by atoms with van der Waals surface area (Å²) in [6.45, 7) is 19.0. The molecule has 4 aliphatic rings. The van der Waals surface area contributed by atoms with Crippen LogP contribution in [0.5, 0.6) is 0 Å². The molecule has 133 heavy (non-hydrogen) atoms. The molecular formula is C126H90N4O2S. The summed E-state index contributed by atoms with van der Waals surface area (Å²) in [7, 11) is 0. The smallest absolute Gasteiger partial charge is 0.143 e. The molecule has 0 atom stereocenters. The van der Waals surface area contributed by atoms with Crippen LogP contribution in [0.3, 0.4) is 0 Å². The van der Waals surface area contributed by atoms with Crippen molar-refractivity contribution in [3.05, 3.63) is 445 Å². The molecule has 0 fully saturated rings. The lowest BCUT2D eigenvalue weighted by Gasteiger charge is -2.26. The van der Waals surface area contributed by atoms with Gasteiger partial charge in [0.05, 0.1) is 38.0 Å². The van der Waals surface area contributed by atoms with E-state index in [4.69, 9.17) is 8.83 Å². The Kier molecular flexibility index (Phi) is 16.5. The summed E-state index contributed by atoms with van der Waals surface area (Å²) in [6.07, 6.45) is 0. The highest BCUT2D eigenvalue weighted by Crippen LogP contribution is 2.60. The van der Waals surface area contributed by atoms with E-state index in [9.17, 15) is 0 Å². The lowest BCUT2D eigenvalue weighted by Crippen LogP contribution is -2.20. The fourth-order valence-electron chi connectivity index (χ4n) is 24.1. The lowest BCUT2D eigenvalue weighted by atomic mass is 9.81. The Balaban J connectivity index is 0.000000103. The summed E-state index contributed by atoms with van der Waals surface area (Å²) >= 11 is 1.90. The van der Waals surface area contributed by atoms with Crippen LogP contribution in [-0.4, -0.2) is 18.3 Å². The van der Waals surface area contributed by atoms with E-state index in [0.29, 0.717) is 0 Å². The molecule has 0 bridgehead atoms. The number of hydrogen-bond donors (Lipinski definition) is 0. The molecule has 0 saturated carbocycles. The minimum atomic E-state index is -0.165. The van der Waals surface area contributed by atoms with Crippen molar-refractivity contribution in [1.29, 1.82) is 0 Å². The zero-order valence-corrected chi connectivity index (χ0v) is 75.9. The Bertz CT molecular complexity index is 9280. The number of furan rings is 2. The summed E-state index contributed by atoms with van der Waals surface area (Å²) in [5.74, 6) is 0. The number of aromatic nitrogens is 4. The van der Waals surface area contributed by atoms with E-state index >= 15 is 0 Å². The first kappa shape index (κ1) is 77.2. The van der Waals surface area contributed by atoms with Crippen molar-refractivity contribution in [2.45, 2.75) is 77.0 Å². The number of benzene rings is 18. The van der Waals surface area contributed by atoms with Crippen molar-refractivity contribution in [2.75, 3.05) is 0 Å². The molecule has 7 heteroatoms. The molecule has 0 saturated heterocycles. The van der Waals surface area contributed by atoms with Gasteiger partial charge in [-0.3, -0.25) is 0 Å². The Hall–Kier alpha value is -15.8. The molecule has 0 spiro atoms. The highest BCUT2D eigenvalue weighted by Gasteiger charge is 2.45. The maximum Gasteiger partial charge on any atom is 0.143 e. The van der Waals surface area contributed by atoms with Crippen molar-refractivity contribution >= 4 is 130 Å². The molecule has 7 aromatic heterocycles. The van der Waals surface area contributed by atoms with E-state index in [-0.39, 0.29) is 21.7 Å². The Morgan fingerprint density at radius 2 is 0.594 bits per heavy atom. The van der Waals surface area contributed by atoms with Gasteiger partial charge in [0.25, 0.3) is 0 Å². The van der Waals surface area contributed by atoms with E-state index in [2.05, 4.69) is 456 Å². The van der Waals surface area contributed by atoms with Gasteiger partial charge in [-0.1, -0.05) is 347 Å². The zero-order valence-electron chi connectivity index (χ0n) is 75.1. The fourth-order valence-corrected chi connectivity index (χ4v) is 25.3. The van der Waals surface area contributed by atoms with Crippen molar-refractivity contribution in [1.82, 2.24) is 18.3 Å². The van der Waals surface area contributed by atoms with Gasteiger partial charge in [-0.25, -0.2) is 0 Å². The van der Waals surface area contributed by atoms with Crippen LogP contribution in [-0.2, 0) is 21.7 Å². The first-order valence-electron chi connectivity index (χ1n) is 46.5. The maximum atomic E-state index is 6.44. The lowest BCUT2D eigenvalue weighted by molar-refractivity contribution is 0.622. The maximum absolute atomic E-state index is 6.44. The number of para-hydroxylation sites is 8. The quantitative estimate of drug-likeness (QED) is 0.160. The van der Waals surface area contributed by atoms with Gasteiger partial charge in [0.1, 0.15) is 22.3 Å². The van der Waals surface area contributed by atoms with E-state index in [0.717, 1.165) is 60.6 Å². The molecule has 29 rings (SSSR count). The monoisotopic (exact) mass is 1720 g/mol. The average molecular weight is 1720 g/mol. The van der Waals surface area contributed by atoms with Gasteiger partial charge in [-0.2, -0.15) is 0 Å². The zero-order chi connectivity index (χ0) is 88.8. The first-order valence-corrected chi connectivity index (χ1v) is 47.3. The van der Waals surface area contributed by atoms with E-state index in [1.165, 1.54) is 204 Å². The van der Waals surface area contributed by atoms with Crippen LogP contribution in [0.25, 0.3) is 219 Å². The van der Waals surface area contributed by atoms with Gasteiger partial charge in [0, 0.05) is 148 Å². The number of hydrogen-bond acceptors (Lipinski definition) is 3. The molecule has 6 nitrogen and oxygen atoms in total. The van der Waals surface area contributed by atoms with Crippen molar-refractivity contribution in [3.63, 3.8) is 0 Å². The number of fused-ring (bicyclic) bond motifs is 30. The number of rotatable bonds is 7. The summed E-state index contributed by atoms with van der Waals surface area (Å²) < 4.78 is 25.4. The van der Waals surface area contributed by atoms with Gasteiger partial charge < -0.3 is 27.1 Å².